The van der Waals surface area contributed by atoms with E-state index in [2.05, 4.69) is 20.9 Å². The Kier molecular flexibility index (Phi) is 3.47. The van der Waals surface area contributed by atoms with Gasteiger partial charge in [0, 0.05) is 11.8 Å². The van der Waals surface area contributed by atoms with Gasteiger partial charge in [-0.3, -0.25) is 0 Å². The number of fused-ring (bicyclic) bond motifs is 1. The van der Waals surface area contributed by atoms with Gasteiger partial charge in [0.2, 0.25) is 6.79 Å². The molecular weight excluding hydrogens is 330 g/mol. The molecule has 1 aliphatic heterocycles. The third-order valence-electron chi connectivity index (χ3n) is 2.90. The first kappa shape index (κ1) is 12.9. The van der Waals surface area contributed by atoms with E-state index in [0.29, 0.717) is 17.9 Å². The Balaban J connectivity index is 1.84. The van der Waals surface area contributed by atoms with Crippen LogP contribution in [0, 0.1) is 6.92 Å². The second-order valence-corrected chi connectivity index (χ2v) is 6.23. The van der Waals surface area contributed by atoms with Gasteiger partial charge < -0.3 is 14.6 Å². The Morgan fingerprint density at radius 3 is 3.05 bits per heavy atom. The first-order valence-electron chi connectivity index (χ1n) is 5.81. The number of thiazole rings is 1. The van der Waals surface area contributed by atoms with Crippen molar-refractivity contribution in [3.63, 3.8) is 0 Å². The van der Waals surface area contributed by atoms with Gasteiger partial charge in [0.05, 0.1) is 21.3 Å². The zero-order valence-corrected chi connectivity index (χ0v) is 12.6. The number of aliphatic hydroxyl groups excluding tert-OH is 1. The van der Waals surface area contributed by atoms with Crippen LogP contribution in [0.4, 0.5) is 0 Å². The van der Waals surface area contributed by atoms with Gasteiger partial charge in [-0.1, -0.05) is 0 Å². The quantitative estimate of drug-likeness (QED) is 0.931. The lowest BCUT2D eigenvalue weighted by molar-refractivity contribution is 0.171. The molecule has 1 atom stereocenters. The summed E-state index contributed by atoms with van der Waals surface area (Å²) in [5.74, 6) is 1.36. The number of aromatic nitrogens is 1. The summed E-state index contributed by atoms with van der Waals surface area (Å²) in [6.07, 6.45) is -0.108. The molecule has 0 radical (unpaired) electrons. The summed E-state index contributed by atoms with van der Waals surface area (Å²) in [6, 6.07) is 3.67. The van der Waals surface area contributed by atoms with Gasteiger partial charge in [0.25, 0.3) is 0 Å². The predicted octanol–water partition coefficient (Wildman–Crippen LogP) is 3.22. The fourth-order valence-electron chi connectivity index (χ4n) is 2.00. The number of hydrogen-bond acceptors (Lipinski definition) is 5. The smallest absolute Gasteiger partial charge is 0.231 e. The molecule has 100 valence electrons. The summed E-state index contributed by atoms with van der Waals surface area (Å²) in [5.41, 5.74) is 1.70. The van der Waals surface area contributed by atoms with E-state index in [1.54, 1.807) is 11.3 Å². The fourth-order valence-corrected chi connectivity index (χ4v) is 3.20. The molecule has 19 heavy (non-hydrogen) atoms. The summed E-state index contributed by atoms with van der Waals surface area (Å²) in [4.78, 5) is 4.36. The molecule has 1 aliphatic rings. The van der Waals surface area contributed by atoms with Crippen molar-refractivity contribution in [1.29, 1.82) is 0 Å². The van der Waals surface area contributed by atoms with Crippen molar-refractivity contribution in [2.45, 2.75) is 19.4 Å². The lowest BCUT2D eigenvalue weighted by atomic mass is 10.0. The highest BCUT2D eigenvalue weighted by Crippen LogP contribution is 2.41. The molecule has 1 aromatic heterocycles. The SMILES string of the molecule is Cc1nc(CC(O)c2cc(Br)c3c(c2)OCO3)cs1. The van der Waals surface area contributed by atoms with Crippen molar-refractivity contribution in [2.75, 3.05) is 6.79 Å². The monoisotopic (exact) mass is 341 g/mol. The van der Waals surface area contributed by atoms with E-state index in [-0.39, 0.29) is 6.79 Å². The molecular formula is C13H12BrNO3S. The summed E-state index contributed by atoms with van der Waals surface area (Å²) in [6.45, 7) is 2.18. The van der Waals surface area contributed by atoms with Crippen LogP contribution in [0.25, 0.3) is 0 Å². The molecule has 0 spiro atoms. The molecule has 0 aliphatic carbocycles. The molecule has 0 fully saturated rings. The maximum atomic E-state index is 10.3. The minimum atomic E-state index is -0.604. The number of hydrogen-bond donors (Lipinski definition) is 1. The molecule has 2 aromatic rings. The molecule has 1 unspecified atom stereocenters. The van der Waals surface area contributed by atoms with E-state index in [0.717, 1.165) is 20.7 Å². The largest absolute Gasteiger partial charge is 0.454 e. The van der Waals surface area contributed by atoms with Gasteiger partial charge in [-0.15, -0.1) is 11.3 Å². The average Bonchev–Trinajstić information content (AvgIpc) is 2.98. The molecule has 0 saturated carbocycles. The van der Waals surface area contributed by atoms with Crippen LogP contribution in [0.2, 0.25) is 0 Å². The summed E-state index contributed by atoms with van der Waals surface area (Å²) in [7, 11) is 0. The Morgan fingerprint density at radius 2 is 2.32 bits per heavy atom. The molecule has 6 heteroatoms. The second kappa shape index (κ2) is 5.11. The molecule has 4 nitrogen and oxygen atoms in total. The minimum absolute atomic E-state index is 0.221. The topological polar surface area (TPSA) is 51.6 Å². The standard InChI is InChI=1S/C13H12BrNO3S/c1-7-15-9(5-19-7)4-11(16)8-2-10(14)13-12(3-8)17-6-18-13/h2-3,5,11,16H,4,6H2,1H3. The van der Waals surface area contributed by atoms with Gasteiger partial charge in [-0.05, 0) is 40.5 Å². The Hall–Kier alpha value is -1.11. The second-order valence-electron chi connectivity index (χ2n) is 4.31. The first-order chi connectivity index (χ1) is 9.13. The van der Waals surface area contributed by atoms with Crippen LogP contribution in [0.1, 0.15) is 22.4 Å². The van der Waals surface area contributed by atoms with E-state index < -0.39 is 6.10 Å². The number of ether oxygens (including phenoxy) is 2. The maximum Gasteiger partial charge on any atom is 0.231 e. The minimum Gasteiger partial charge on any atom is -0.454 e. The van der Waals surface area contributed by atoms with Crippen molar-refractivity contribution in [1.82, 2.24) is 4.98 Å². The van der Waals surface area contributed by atoms with E-state index in [9.17, 15) is 5.11 Å². The summed E-state index contributed by atoms with van der Waals surface area (Å²) < 4.78 is 11.5. The third-order valence-corrected chi connectivity index (χ3v) is 4.31. The normalized spacial score (nSPS) is 14.7. The van der Waals surface area contributed by atoms with Crippen molar-refractivity contribution in [3.05, 3.63) is 38.3 Å². The fraction of sp³-hybridized carbons (Fsp3) is 0.308. The highest BCUT2D eigenvalue weighted by atomic mass is 79.9. The molecule has 1 N–H and O–H groups in total. The third kappa shape index (κ3) is 2.61. The molecule has 2 heterocycles. The van der Waals surface area contributed by atoms with Gasteiger partial charge in [-0.25, -0.2) is 4.98 Å². The van der Waals surface area contributed by atoms with E-state index in [4.69, 9.17) is 9.47 Å². The van der Waals surface area contributed by atoms with Crippen LogP contribution in [0.3, 0.4) is 0 Å². The molecule has 0 saturated heterocycles. The lowest BCUT2D eigenvalue weighted by Gasteiger charge is -2.11. The van der Waals surface area contributed by atoms with Crippen molar-refractivity contribution in [2.24, 2.45) is 0 Å². The maximum absolute atomic E-state index is 10.3. The van der Waals surface area contributed by atoms with Crippen molar-refractivity contribution >= 4 is 27.3 Å². The van der Waals surface area contributed by atoms with E-state index in [1.165, 1.54) is 0 Å². The van der Waals surface area contributed by atoms with Crippen LogP contribution in [-0.4, -0.2) is 16.9 Å². The number of aliphatic hydroxyl groups is 1. The number of nitrogens with zero attached hydrogens (tertiary/aromatic N) is 1. The summed E-state index contributed by atoms with van der Waals surface area (Å²) >= 11 is 5.01. The van der Waals surface area contributed by atoms with Gasteiger partial charge in [0.1, 0.15) is 0 Å². The van der Waals surface area contributed by atoms with Crippen LogP contribution in [0.5, 0.6) is 11.5 Å². The first-order valence-corrected chi connectivity index (χ1v) is 7.49. The van der Waals surface area contributed by atoms with Gasteiger partial charge >= 0.3 is 0 Å². The average molecular weight is 342 g/mol. The van der Waals surface area contributed by atoms with Crippen molar-refractivity contribution in [3.8, 4) is 11.5 Å². The zero-order valence-electron chi connectivity index (χ0n) is 10.2. The van der Waals surface area contributed by atoms with Gasteiger partial charge in [-0.2, -0.15) is 0 Å². The molecule has 0 bridgehead atoms. The van der Waals surface area contributed by atoms with E-state index >= 15 is 0 Å². The molecule has 0 amide bonds. The van der Waals surface area contributed by atoms with Crippen LogP contribution >= 0.6 is 27.3 Å². The summed E-state index contributed by atoms with van der Waals surface area (Å²) in [5, 5.41) is 13.3. The molecule has 3 rings (SSSR count). The Morgan fingerprint density at radius 1 is 1.47 bits per heavy atom. The van der Waals surface area contributed by atoms with Crippen LogP contribution < -0.4 is 9.47 Å². The Bertz CT molecular complexity index is 614. The highest BCUT2D eigenvalue weighted by molar-refractivity contribution is 9.10. The zero-order chi connectivity index (χ0) is 13.4. The number of benzene rings is 1. The van der Waals surface area contributed by atoms with E-state index in [1.807, 2.05) is 24.4 Å². The lowest BCUT2D eigenvalue weighted by Crippen LogP contribution is -2.02. The highest BCUT2D eigenvalue weighted by Gasteiger charge is 2.21. The van der Waals surface area contributed by atoms with Gasteiger partial charge in [0.15, 0.2) is 11.5 Å². The van der Waals surface area contributed by atoms with Crippen LogP contribution in [-0.2, 0) is 6.42 Å². The number of aryl methyl sites for hydroxylation is 1. The van der Waals surface area contributed by atoms with Crippen molar-refractivity contribution < 1.29 is 14.6 Å². The number of halogens is 1. The van der Waals surface area contributed by atoms with Crippen LogP contribution in [0.15, 0.2) is 22.0 Å². The Labute approximate surface area is 123 Å². The molecule has 1 aromatic carbocycles. The number of rotatable bonds is 3. The predicted molar refractivity (Wildman–Crippen MR) is 75.8 cm³/mol.